The maximum atomic E-state index is 11.4. The van der Waals surface area contributed by atoms with Gasteiger partial charge in [0.2, 0.25) is 0 Å². The summed E-state index contributed by atoms with van der Waals surface area (Å²) >= 11 is 0. The molecule has 4 nitrogen and oxygen atoms in total. The number of hydrogen-bond donors (Lipinski definition) is 2. The molecule has 0 saturated carbocycles. The molecular weight excluding hydrogens is 240 g/mol. The second kappa shape index (κ2) is 7.67. The summed E-state index contributed by atoms with van der Waals surface area (Å²) in [6.45, 7) is 9.85. The number of aryl methyl sites for hydroxylation is 2. The van der Waals surface area contributed by atoms with Gasteiger partial charge in [-0.25, -0.2) is 4.79 Å². The average Bonchev–Trinajstić information content (AvgIpc) is 2.31. The van der Waals surface area contributed by atoms with Gasteiger partial charge in [0.25, 0.3) is 0 Å². The van der Waals surface area contributed by atoms with Crippen LogP contribution in [0.5, 0.6) is 5.75 Å². The van der Waals surface area contributed by atoms with Gasteiger partial charge in [0.1, 0.15) is 12.4 Å². The Morgan fingerprint density at radius 2 is 1.79 bits per heavy atom. The van der Waals surface area contributed by atoms with Gasteiger partial charge >= 0.3 is 6.03 Å². The van der Waals surface area contributed by atoms with Gasteiger partial charge in [-0.1, -0.05) is 19.9 Å². The van der Waals surface area contributed by atoms with Crippen molar-refractivity contribution in [2.24, 2.45) is 5.92 Å². The zero-order valence-corrected chi connectivity index (χ0v) is 12.2. The summed E-state index contributed by atoms with van der Waals surface area (Å²) < 4.78 is 5.60. The van der Waals surface area contributed by atoms with Crippen LogP contribution in [0.3, 0.4) is 0 Å². The minimum Gasteiger partial charge on any atom is -0.492 e. The fraction of sp³-hybridized carbons (Fsp3) is 0.533. The number of carbonyl (C=O) groups is 1. The molecular formula is C15H24N2O2. The fourth-order valence-electron chi connectivity index (χ4n) is 1.71. The van der Waals surface area contributed by atoms with Gasteiger partial charge in [-0.2, -0.15) is 0 Å². The maximum Gasteiger partial charge on any atom is 0.314 e. The first-order chi connectivity index (χ1) is 8.97. The third-order valence-corrected chi connectivity index (χ3v) is 2.52. The van der Waals surface area contributed by atoms with Crippen LogP contribution in [0.2, 0.25) is 0 Å². The Morgan fingerprint density at radius 1 is 1.16 bits per heavy atom. The molecule has 106 valence electrons. The molecule has 0 spiro atoms. The zero-order valence-electron chi connectivity index (χ0n) is 12.2. The minimum atomic E-state index is -0.141. The van der Waals surface area contributed by atoms with E-state index in [1.165, 1.54) is 11.1 Å². The number of rotatable bonds is 6. The lowest BCUT2D eigenvalue weighted by Gasteiger charge is -2.11. The van der Waals surface area contributed by atoms with E-state index in [0.29, 0.717) is 25.6 Å². The Hall–Kier alpha value is -1.71. The van der Waals surface area contributed by atoms with Crippen LogP contribution in [0, 0.1) is 19.8 Å². The highest BCUT2D eigenvalue weighted by molar-refractivity contribution is 5.73. The Morgan fingerprint density at radius 3 is 2.37 bits per heavy atom. The molecule has 2 N–H and O–H groups in total. The van der Waals surface area contributed by atoms with Gasteiger partial charge in [-0.3, -0.25) is 0 Å². The van der Waals surface area contributed by atoms with E-state index in [2.05, 4.69) is 30.5 Å². The van der Waals surface area contributed by atoms with Crippen LogP contribution >= 0.6 is 0 Å². The molecule has 0 aromatic heterocycles. The van der Waals surface area contributed by atoms with Gasteiger partial charge in [-0.05, 0) is 43.0 Å². The first-order valence-electron chi connectivity index (χ1n) is 6.70. The molecule has 19 heavy (non-hydrogen) atoms. The van der Waals surface area contributed by atoms with Crippen LogP contribution in [0.25, 0.3) is 0 Å². The molecule has 0 heterocycles. The Bertz CT molecular complexity index is 396. The van der Waals surface area contributed by atoms with Crippen molar-refractivity contribution in [2.45, 2.75) is 27.7 Å². The molecule has 4 heteroatoms. The van der Waals surface area contributed by atoms with Crippen molar-refractivity contribution >= 4 is 6.03 Å². The second-order valence-corrected chi connectivity index (χ2v) is 5.20. The van der Waals surface area contributed by atoms with Crippen molar-refractivity contribution in [3.63, 3.8) is 0 Å². The quantitative estimate of drug-likeness (QED) is 0.776. The lowest BCUT2D eigenvalue weighted by atomic mass is 10.1. The Kier molecular flexibility index (Phi) is 6.19. The van der Waals surface area contributed by atoms with Crippen molar-refractivity contribution in [2.75, 3.05) is 19.7 Å². The van der Waals surface area contributed by atoms with Crippen LogP contribution in [0.15, 0.2) is 18.2 Å². The minimum absolute atomic E-state index is 0.141. The Labute approximate surface area is 115 Å². The van der Waals surface area contributed by atoms with Crippen LogP contribution in [-0.2, 0) is 0 Å². The highest BCUT2D eigenvalue weighted by Crippen LogP contribution is 2.15. The molecule has 0 saturated heterocycles. The van der Waals surface area contributed by atoms with Crippen molar-refractivity contribution in [1.82, 2.24) is 10.6 Å². The predicted molar refractivity (Wildman–Crippen MR) is 77.7 cm³/mol. The van der Waals surface area contributed by atoms with Crippen molar-refractivity contribution < 1.29 is 9.53 Å². The third kappa shape index (κ3) is 6.70. The van der Waals surface area contributed by atoms with Gasteiger partial charge in [0, 0.05) is 6.54 Å². The number of benzene rings is 1. The van der Waals surface area contributed by atoms with Crippen molar-refractivity contribution in [3.8, 4) is 5.75 Å². The maximum absolute atomic E-state index is 11.4. The first-order valence-corrected chi connectivity index (χ1v) is 6.70. The molecule has 1 aromatic carbocycles. The van der Waals surface area contributed by atoms with Crippen LogP contribution in [-0.4, -0.2) is 25.7 Å². The molecule has 0 bridgehead atoms. The van der Waals surface area contributed by atoms with Crippen LogP contribution in [0.4, 0.5) is 4.79 Å². The van der Waals surface area contributed by atoms with E-state index in [9.17, 15) is 4.79 Å². The topological polar surface area (TPSA) is 50.4 Å². The summed E-state index contributed by atoms with van der Waals surface area (Å²) in [6.07, 6.45) is 0. The van der Waals surface area contributed by atoms with Crippen LogP contribution in [0.1, 0.15) is 25.0 Å². The van der Waals surface area contributed by atoms with Crippen LogP contribution < -0.4 is 15.4 Å². The molecule has 1 aromatic rings. The number of nitrogens with one attached hydrogen (secondary N) is 2. The van der Waals surface area contributed by atoms with E-state index in [-0.39, 0.29) is 6.03 Å². The summed E-state index contributed by atoms with van der Waals surface area (Å²) in [5, 5.41) is 5.56. The van der Waals surface area contributed by atoms with Crippen molar-refractivity contribution in [3.05, 3.63) is 29.3 Å². The molecule has 1 rings (SSSR count). The number of hydrogen-bond acceptors (Lipinski definition) is 2. The smallest absolute Gasteiger partial charge is 0.314 e. The molecule has 0 aliphatic carbocycles. The molecule has 0 aliphatic rings. The van der Waals surface area contributed by atoms with E-state index in [0.717, 1.165) is 5.75 Å². The normalized spacial score (nSPS) is 10.4. The summed E-state index contributed by atoms with van der Waals surface area (Å²) in [7, 11) is 0. The van der Waals surface area contributed by atoms with Gasteiger partial charge < -0.3 is 15.4 Å². The summed E-state index contributed by atoms with van der Waals surface area (Å²) in [6, 6.07) is 5.94. The number of amides is 2. The SMILES string of the molecule is Cc1cc(C)cc(OCCNC(=O)NCC(C)C)c1. The number of ether oxygens (including phenoxy) is 1. The summed E-state index contributed by atoms with van der Waals surface area (Å²) in [4.78, 5) is 11.4. The largest absolute Gasteiger partial charge is 0.492 e. The Balaban J connectivity index is 2.21. The monoisotopic (exact) mass is 264 g/mol. The fourth-order valence-corrected chi connectivity index (χ4v) is 1.71. The standard InChI is InChI=1S/C15H24N2O2/c1-11(2)10-17-15(18)16-5-6-19-14-8-12(3)7-13(4)9-14/h7-9,11H,5-6,10H2,1-4H3,(H2,16,17,18). The predicted octanol–water partition coefficient (Wildman–Crippen LogP) is 2.64. The van der Waals surface area contributed by atoms with E-state index in [1.54, 1.807) is 0 Å². The molecule has 0 fully saturated rings. The molecule has 0 aliphatic heterocycles. The van der Waals surface area contributed by atoms with Gasteiger partial charge in [0.15, 0.2) is 0 Å². The third-order valence-electron chi connectivity index (χ3n) is 2.52. The van der Waals surface area contributed by atoms with E-state index >= 15 is 0 Å². The van der Waals surface area contributed by atoms with E-state index in [4.69, 9.17) is 4.74 Å². The average molecular weight is 264 g/mol. The lowest BCUT2D eigenvalue weighted by Crippen LogP contribution is -2.39. The summed E-state index contributed by atoms with van der Waals surface area (Å²) in [5.74, 6) is 1.30. The van der Waals surface area contributed by atoms with Gasteiger partial charge in [-0.15, -0.1) is 0 Å². The molecule has 0 unspecified atom stereocenters. The second-order valence-electron chi connectivity index (χ2n) is 5.20. The lowest BCUT2D eigenvalue weighted by molar-refractivity contribution is 0.235. The first kappa shape index (κ1) is 15.3. The number of urea groups is 1. The van der Waals surface area contributed by atoms with E-state index in [1.807, 2.05) is 26.0 Å². The highest BCUT2D eigenvalue weighted by Gasteiger charge is 2.01. The zero-order chi connectivity index (χ0) is 14.3. The molecule has 0 radical (unpaired) electrons. The van der Waals surface area contributed by atoms with Crippen molar-refractivity contribution in [1.29, 1.82) is 0 Å². The highest BCUT2D eigenvalue weighted by atomic mass is 16.5. The van der Waals surface area contributed by atoms with E-state index < -0.39 is 0 Å². The number of carbonyl (C=O) groups excluding carboxylic acids is 1. The molecule has 2 amide bonds. The molecule has 0 atom stereocenters. The van der Waals surface area contributed by atoms with Gasteiger partial charge in [0.05, 0.1) is 6.54 Å². The summed E-state index contributed by atoms with van der Waals surface area (Å²) in [5.41, 5.74) is 2.36.